The van der Waals surface area contributed by atoms with E-state index in [9.17, 15) is 25.2 Å². The molecule has 0 amide bonds. The highest BCUT2D eigenvalue weighted by molar-refractivity contribution is 7.99. The lowest BCUT2D eigenvalue weighted by Gasteiger charge is -2.42. The number of hydrogen-bond acceptors (Lipinski definition) is 9. The molecule has 0 spiro atoms. The van der Waals surface area contributed by atoms with Crippen LogP contribution < -0.4 is 4.90 Å². The van der Waals surface area contributed by atoms with Crippen LogP contribution in [-0.4, -0.2) is 88.3 Å². The maximum Gasteiger partial charge on any atom is 0.335 e. The van der Waals surface area contributed by atoms with E-state index in [0.29, 0.717) is 26.2 Å². The van der Waals surface area contributed by atoms with Gasteiger partial charge in [0, 0.05) is 36.0 Å². The Morgan fingerprint density at radius 3 is 2.35 bits per heavy atom. The summed E-state index contributed by atoms with van der Waals surface area (Å²) < 4.78 is 5.22. The molecule has 2 saturated heterocycles. The molecule has 2 aliphatic heterocycles. The van der Waals surface area contributed by atoms with Crippen LogP contribution in [-0.2, 0) is 14.4 Å². The van der Waals surface area contributed by atoms with E-state index in [2.05, 4.69) is 49.1 Å². The molecule has 0 aliphatic carbocycles. The molecule has 4 N–H and O–H groups in total. The summed E-state index contributed by atoms with van der Waals surface area (Å²) in [7, 11) is 0. The van der Waals surface area contributed by atoms with Crippen LogP contribution in [0.2, 0.25) is 0 Å². The molecule has 2 fully saturated rings. The third-order valence-corrected chi connectivity index (χ3v) is 7.30. The van der Waals surface area contributed by atoms with Crippen molar-refractivity contribution in [1.29, 1.82) is 0 Å². The Morgan fingerprint density at radius 2 is 1.68 bits per heavy atom. The van der Waals surface area contributed by atoms with E-state index in [1.54, 1.807) is 16.8 Å². The number of para-hydroxylation sites is 1. The number of benzene rings is 2. The first-order valence-corrected chi connectivity index (χ1v) is 12.0. The fourth-order valence-corrected chi connectivity index (χ4v) is 5.20. The highest BCUT2D eigenvalue weighted by Gasteiger charge is 2.48. The highest BCUT2D eigenvalue weighted by atomic mass is 32.2. The minimum Gasteiger partial charge on any atom is -0.479 e. The largest absolute Gasteiger partial charge is 0.479 e. The quantitative estimate of drug-likeness (QED) is 0.473. The van der Waals surface area contributed by atoms with Gasteiger partial charge in [-0.25, -0.2) is 4.79 Å². The Kier molecular flexibility index (Phi) is 7.78. The van der Waals surface area contributed by atoms with Gasteiger partial charge in [-0.2, -0.15) is 5.06 Å². The molecule has 10 heteroatoms. The Morgan fingerprint density at radius 1 is 0.971 bits per heavy atom. The number of aliphatic hydroxyl groups is 3. The standard InChI is InChI=1S/C24H30N2O7S/c1-14-7-8-17(15(2)13-14)34-18-6-4-3-5-16(18)25-9-11-26(12-10-25)33-24-21(29)19(27)20(28)22(32-24)23(30)31/h3-8,13,19-22,24,27-29H,9-12H2,1-2H3,(H,30,31)/t19?,20-,21?,22-,24-/m0/s1. The normalized spacial score (nSPS) is 28.1. The first-order chi connectivity index (χ1) is 16.2. The molecule has 0 saturated carbocycles. The average Bonchev–Trinajstić information content (AvgIpc) is 2.82. The Balaban J connectivity index is 1.39. The van der Waals surface area contributed by atoms with Crippen LogP contribution in [0.15, 0.2) is 52.3 Å². The van der Waals surface area contributed by atoms with Crippen molar-refractivity contribution in [2.75, 3.05) is 31.1 Å². The molecule has 9 nitrogen and oxygen atoms in total. The van der Waals surface area contributed by atoms with Gasteiger partial charge in [-0.3, -0.25) is 4.84 Å². The number of anilines is 1. The zero-order valence-corrected chi connectivity index (χ0v) is 19.9. The van der Waals surface area contributed by atoms with Crippen LogP contribution in [0.25, 0.3) is 0 Å². The molecule has 2 heterocycles. The van der Waals surface area contributed by atoms with Gasteiger partial charge in [0.2, 0.25) is 6.29 Å². The highest BCUT2D eigenvalue weighted by Crippen LogP contribution is 2.37. The molecular weight excluding hydrogens is 460 g/mol. The number of aryl methyl sites for hydroxylation is 2. The molecule has 0 aromatic heterocycles. The summed E-state index contributed by atoms with van der Waals surface area (Å²) in [6, 6.07) is 14.7. The Bertz CT molecular complexity index is 1010. The predicted octanol–water partition coefficient (Wildman–Crippen LogP) is 1.40. The smallest absolute Gasteiger partial charge is 0.335 e. The third-order valence-electron chi connectivity index (χ3n) is 6.06. The minimum atomic E-state index is -1.74. The number of hydroxylamine groups is 2. The van der Waals surface area contributed by atoms with Crippen LogP contribution >= 0.6 is 11.8 Å². The van der Waals surface area contributed by atoms with Gasteiger partial charge in [-0.15, -0.1) is 0 Å². The van der Waals surface area contributed by atoms with Gasteiger partial charge in [0.1, 0.15) is 18.3 Å². The van der Waals surface area contributed by atoms with Crippen molar-refractivity contribution >= 4 is 23.4 Å². The maximum absolute atomic E-state index is 11.3. The van der Waals surface area contributed by atoms with Gasteiger partial charge < -0.3 is 30.1 Å². The number of carboxylic acid groups (broad SMARTS) is 1. The lowest BCUT2D eigenvalue weighted by atomic mass is 9.99. The van der Waals surface area contributed by atoms with Gasteiger partial charge in [-0.1, -0.05) is 41.6 Å². The van der Waals surface area contributed by atoms with Crippen LogP contribution in [0, 0.1) is 13.8 Å². The summed E-state index contributed by atoms with van der Waals surface area (Å²) in [6.07, 6.45) is -8.07. The van der Waals surface area contributed by atoms with Crippen LogP contribution in [0.3, 0.4) is 0 Å². The van der Waals surface area contributed by atoms with Gasteiger partial charge in [0.15, 0.2) is 6.10 Å². The molecule has 2 unspecified atom stereocenters. The molecule has 34 heavy (non-hydrogen) atoms. The SMILES string of the molecule is Cc1ccc(Sc2ccccc2N2CCN(O[C@@H]3O[C@H](C(=O)O)[C@@H](O)C(O)C3O)CC2)c(C)c1. The lowest BCUT2D eigenvalue weighted by Crippen LogP contribution is -2.62. The monoisotopic (exact) mass is 490 g/mol. The first-order valence-electron chi connectivity index (χ1n) is 11.2. The van der Waals surface area contributed by atoms with Crippen molar-refractivity contribution < 1.29 is 34.8 Å². The zero-order chi connectivity index (χ0) is 24.4. The average molecular weight is 491 g/mol. The molecule has 2 aliphatic rings. The molecule has 0 radical (unpaired) electrons. The number of aliphatic hydroxyl groups excluding tert-OH is 3. The second-order valence-electron chi connectivity index (χ2n) is 8.60. The van der Waals surface area contributed by atoms with Gasteiger partial charge in [-0.05, 0) is 37.6 Å². The summed E-state index contributed by atoms with van der Waals surface area (Å²) in [5.74, 6) is -1.44. The topological polar surface area (TPSA) is 123 Å². The van der Waals surface area contributed by atoms with Crippen molar-refractivity contribution in [3.05, 3.63) is 53.6 Å². The molecule has 4 rings (SSSR count). The minimum absolute atomic E-state index is 0.478. The summed E-state index contributed by atoms with van der Waals surface area (Å²) in [4.78, 5) is 21.6. The van der Waals surface area contributed by atoms with E-state index in [1.807, 2.05) is 12.1 Å². The van der Waals surface area contributed by atoms with Crippen LogP contribution in [0.5, 0.6) is 0 Å². The van der Waals surface area contributed by atoms with Gasteiger partial charge in [0.25, 0.3) is 0 Å². The number of rotatable bonds is 6. The van der Waals surface area contributed by atoms with Crippen molar-refractivity contribution in [3.63, 3.8) is 0 Å². The summed E-state index contributed by atoms with van der Waals surface area (Å²) in [6.45, 7) is 6.43. The number of nitrogens with zero attached hydrogens (tertiary/aromatic N) is 2. The van der Waals surface area contributed by atoms with E-state index in [0.717, 1.165) is 10.6 Å². The van der Waals surface area contributed by atoms with E-state index in [-0.39, 0.29) is 0 Å². The summed E-state index contributed by atoms with van der Waals surface area (Å²) >= 11 is 1.73. The van der Waals surface area contributed by atoms with Crippen LogP contribution in [0.1, 0.15) is 11.1 Å². The molecule has 2 aromatic carbocycles. The van der Waals surface area contributed by atoms with Crippen molar-refractivity contribution in [3.8, 4) is 0 Å². The number of aliphatic carboxylic acids is 1. The van der Waals surface area contributed by atoms with Crippen molar-refractivity contribution in [1.82, 2.24) is 5.06 Å². The lowest BCUT2D eigenvalue weighted by molar-refractivity contribution is -0.356. The van der Waals surface area contributed by atoms with Crippen LogP contribution in [0.4, 0.5) is 5.69 Å². The van der Waals surface area contributed by atoms with E-state index >= 15 is 0 Å². The predicted molar refractivity (Wildman–Crippen MR) is 126 cm³/mol. The number of piperazine rings is 1. The van der Waals surface area contributed by atoms with E-state index < -0.39 is 36.7 Å². The Labute approximate surface area is 202 Å². The summed E-state index contributed by atoms with van der Waals surface area (Å²) in [5.41, 5.74) is 3.58. The van der Waals surface area contributed by atoms with Crippen molar-refractivity contribution in [2.24, 2.45) is 0 Å². The second kappa shape index (κ2) is 10.6. The Hall–Kier alpha value is -2.18. The molecule has 0 bridgehead atoms. The molecule has 184 valence electrons. The first kappa shape index (κ1) is 24.9. The summed E-state index contributed by atoms with van der Waals surface area (Å²) in [5, 5.41) is 40.8. The zero-order valence-electron chi connectivity index (χ0n) is 19.1. The third kappa shape index (κ3) is 5.38. The number of hydrogen-bond donors (Lipinski definition) is 4. The molecular formula is C24H30N2O7S. The van der Waals surface area contributed by atoms with Crippen molar-refractivity contribution in [2.45, 2.75) is 54.3 Å². The van der Waals surface area contributed by atoms with Gasteiger partial charge >= 0.3 is 5.97 Å². The number of carboxylic acids is 1. The second-order valence-corrected chi connectivity index (χ2v) is 9.68. The number of ether oxygens (including phenoxy) is 1. The molecule has 5 atom stereocenters. The maximum atomic E-state index is 11.3. The van der Waals surface area contributed by atoms with E-state index in [1.165, 1.54) is 16.0 Å². The fraction of sp³-hybridized carbons (Fsp3) is 0.458. The van der Waals surface area contributed by atoms with E-state index in [4.69, 9.17) is 9.57 Å². The fourth-order valence-electron chi connectivity index (χ4n) is 4.16. The molecule has 2 aromatic rings. The number of carbonyl (C=O) groups is 1. The van der Waals surface area contributed by atoms with Gasteiger partial charge in [0.05, 0.1) is 5.69 Å².